The lowest BCUT2D eigenvalue weighted by Crippen LogP contribution is -2.37. The Morgan fingerprint density at radius 3 is 1.59 bits per heavy atom. The van der Waals surface area contributed by atoms with Crippen LogP contribution in [0.3, 0.4) is 0 Å². The fourth-order valence-electron chi connectivity index (χ4n) is 3.06. The van der Waals surface area contributed by atoms with E-state index in [1.54, 1.807) is 21.0 Å². The lowest BCUT2D eigenvalue weighted by atomic mass is 9.83. The van der Waals surface area contributed by atoms with Crippen LogP contribution in [0.2, 0.25) is 0 Å². The molecule has 0 aromatic carbocycles. The Morgan fingerprint density at radius 1 is 0.931 bits per heavy atom. The van der Waals surface area contributed by atoms with Gasteiger partial charge in [0.1, 0.15) is 5.78 Å². The average Bonchev–Trinajstić information content (AvgIpc) is 2.71. The van der Waals surface area contributed by atoms with E-state index in [0.717, 1.165) is 38.5 Å². The van der Waals surface area contributed by atoms with Gasteiger partial charge in [0.25, 0.3) is 6.47 Å². The van der Waals surface area contributed by atoms with Crippen LogP contribution in [0.25, 0.3) is 0 Å². The Hall–Kier alpha value is -1.02. The van der Waals surface area contributed by atoms with Gasteiger partial charge in [-0.1, -0.05) is 26.7 Å². The number of Topliss-reactive ketones (excluding diaryl/α,β-unsaturated/α-hetero) is 1. The molecule has 29 heavy (non-hydrogen) atoms. The number of hydrogen-bond acceptors (Lipinski definition) is 7. The van der Waals surface area contributed by atoms with Gasteiger partial charge < -0.3 is 24.4 Å². The van der Waals surface area contributed by atoms with Crippen LogP contribution in [0, 0.1) is 5.92 Å². The Kier molecular flexibility index (Phi) is 18.5. The maximum atomic E-state index is 11.0. The van der Waals surface area contributed by atoms with Crippen LogP contribution in [0.1, 0.15) is 91.9 Å². The van der Waals surface area contributed by atoms with E-state index in [9.17, 15) is 19.8 Å². The van der Waals surface area contributed by atoms with Gasteiger partial charge >= 0.3 is 0 Å². The van der Waals surface area contributed by atoms with Crippen molar-refractivity contribution in [3.05, 3.63) is 0 Å². The molecule has 0 bridgehead atoms. The van der Waals surface area contributed by atoms with Gasteiger partial charge in [-0.2, -0.15) is 0 Å². The summed E-state index contributed by atoms with van der Waals surface area (Å²) >= 11 is 0. The molecule has 0 radical (unpaired) electrons. The molecular formula is C22H44O7. The predicted octanol–water partition coefficient (Wildman–Crippen LogP) is 3.98. The number of carbonyl (C=O) groups is 2. The molecule has 0 aromatic heterocycles. The molecule has 2 saturated carbocycles. The van der Waals surface area contributed by atoms with Crippen molar-refractivity contribution in [2.75, 3.05) is 20.8 Å². The molecule has 0 atom stereocenters. The van der Waals surface area contributed by atoms with Crippen molar-refractivity contribution in [3.63, 3.8) is 0 Å². The lowest BCUT2D eigenvalue weighted by molar-refractivity contribution is -0.207. The van der Waals surface area contributed by atoms with E-state index in [4.69, 9.17) is 9.47 Å². The fourth-order valence-corrected chi connectivity index (χ4v) is 3.06. The van der Waals surface area contributed by atoms with Crippen molar-refractivity contribution in [1.29, 1.82) is 0 Å². The van der Waals surface area contributed by atoms with Crippen LogP contribution < -0.4 is 0 Å². The normalized spacial score (nSPS) is 24.9. The first kappa shape index (κ1) is 30.2. The summed E-state index contributed by atoms with van der Waals surface area (Å²) in [5.41, 5.74) is 0. The molecule has 0 amide bonds. The minimum Gasteiger partial charge on any atom is -0.468 e. The van der Waals surface area contributed by atoms with Gasteiger partial charge in [-0.05, 0) is 39.5 Å². The topological polar surface area (TPSA) is 102 Å². The molecular weight excluding hydrogens is 376 g/mol. The quantitative estimate of drug-likeness (QED) is 0.512. The van der Waals surface area contributed by atoms with Crippen LogP contribution in [0.5, 0.6) is 0 Å². The SMILES string of the molecule is CCC.CCOC=O.COC1(O)CCC(C(C)=O)CC1.COC1(O)CCCCC1. The summed E-state index contributed by atoms with van der Waals surface area (Å²) in [6.07, 6.45) is 8.97. The van der Waals surface area contributed by atoms with Crippen LogP contribution in [-0.2, 0) is 23.8 Å². The molecule has 0 unspecified atom stereocenters. The van der Waals surface area contributed by atoms with Crippen molar-refractivity contribution >= 4 is 12.3 Å². The molecule has 2 aliphatic rings. The van der Waals surface area contributed by atoms with E-state index in [2.05, 4.69) is 18.6 Å². The van der Waals surface area contributed by atoms with Crippen molar-refractivity contribution in [2.45, 2.75) is 103 Å². The first-order valence-corrected chi connectivity index (χ1v) is 10.8. The predicted molar refractivity (Wildman–Crippen MR) is 113 cm³/mol. The highest BCUT2D eigenvalue weighted by Crippen LogP contribution is 2.32. The smallest absolute Gasteiger partial charge is 0.293 e. The van der Waals surface area contributed by atoms with Gasteiger partial charge in [0.05, 0.1) is 6.61 Å². The highest BCUT2D eigenvalue weighted by Gasteiger charge is 2.34. The zero-order chi connectivity index (χ0) is 22.8. The van der Waals surface area contributed by atoms with Gasteiger partial charge in [-0.15, -0.1) is 0 Å². The second-order valence-corrected chi connectivity index (χ2v) is 7.50. The maximum Gasteiger partial charge on any atom is 0.293 e. The number of ether oxygens (including phenoxy) is 3. The lowest BCUT2D eigenvalue weighted by Gasteiger charge is -2.33. The summed E-state index contributed by atoms with van der Waals surface area (Å²) in [6.45, 7) is 8.53. The third-order valence-electron chi connectivity index (χ3n) is 4.97. The average molecular weight is 421 g/mol. The molecule has 2 aliphatic carbocycles. The Bertz CT molecular complexity index is 398. The fraction of sp³-hybridized carbons (Fsp3) is 0.909. The van der Waals surface area contributed by atoms with Crippen LogP contribution in [0.15, 0.2) is 0 Å². The number of methoxy groups -OCH3 is 2. The second kappa shape index (κ2) is 17.8. The summed E-state index contributed by atoms with van der Waals surface area (Å²) in [7, 11) is 3.08. The van der Waals surface area contributed by atoms with E-state index >= 15 is 0 Å². The van der Waals surface area contributed by atoms with E-state index in [1.807, 2.05) is 0 Å². The second-order valence-electron chi connectivity index (χ2n) is 7.50. The Labute approximate surface area is 177 Å². The summed E-state index contributed by atoms with van der Waals surface area (Å²) in [5, 5.41) is 19.1. The maximum absolute atomic E-state index is 11.0. The Morgan fingerprint density at radius 2 is 1.34 bits per heavy atom. The number of hydrogen-bond donors (Lipinski definition) is 2. The van der Waals surface area contributed by atoms with Gasteiger partial charge in [0, 0.05) is 45.8 Å². The van der Waals surface area contributed by atoms with Crippen LogP contribution >= 0.6 is 0 Å². The van der Waals surface area contributed by atoms with Crippen molar-refractivity contribution in [2.24, 2.45) is 5.92 Å². The van der Waals surface area contributed by atoms with Gasteiger partial charge in [0.2, 0.25) is 0 Å². The number of aliphatic hydroxyl groups is 2. The summed E-state index contributed by atoms with van der Waals surface area (Å²) in [4.78, 5) is 20.2. The molecule has 2 N–H and O–H groups in total. The monoisotopic (exact) mass is 420 g/mol. The Balaban J connectivity index is 0. The minimum atomic E-state index is -0.966. The summed E-state index contributed by atoms with van der Waals surface area (Å²) in [5.74, 6) is -1.38. The molecule has 0 spiro atoms. The zero-order valence-corrected chi connectivity index (χ0v) is 19.4. The highest BCUT2D eigenvalue weighted by molar-refractivity contribution is 5.78. The van der Waals surface area contributed by atoms with Crippen LogP contribution in [-0.4, -0.2) is 54.9 Å². The van der Waals surface area contributed by atoms with E-state index in [-0.39, 0.29) is 11.7 Å². The molecule has 174 valence electrons. The van der Waals surface area contributed by atoms with Crippen molar-refractivity contribution < 1.29 is 34.0 Å². The number of carbonyl (C=O) groups excluding carboxylic acids is 2. The number of ketones is 1. The molecule has 7 heteroatoms. The molecule has 7 nitrogen and oxygen atoms in total. The molecule has 0 aromatic rings. The van der Waals surface area contributed by atoms with Crippen LogP contribution in [0.4, 0.5) is 0 Å². The van der Waals surface area contributed by atoms with E-state index in [0.29, 0.717) is 25.9 Å². The standard InChI is InChI=1S/C9H16O3.C7H14O2.C3H6O2.C3H8/c1-7(10)8-3-5-9(11,12-2)6-4-8;1-9-7(8)5-3-2-4-6-7;1-2-5-3-4;1-3-2/h8,11H,3-6H2,1-2H3;8H,2-6H2,1H3;3H,2H2,1H3;3H2,1-2H3. The number of rotatable bonds is 5. The molecule has 0 saturated heterocycles. The van der Waals surface area contributed by atoms with Crippen molar-refractivity contribution in [1.82, 2.24) is 0 Å². The molecule has 0 heterocycles. The minimum absolute atomic E-state index is 0.139. The highest BCUT2D eigenvalue weighted by atomic mass is 16.6. The van der Waals surface area contributed by atoms with E-state index < -0.39 is 11.6 Å². The van der Waals surface area contributed by atoms with Gasteiger partial charge in [-0.25, -0.2) is 0 Å². The largest absolute Gasteiger partial charge is 0.468 e. The molecule has 0 aliphatic heterocycles. The molecule has 2 fully saturated rings. The first-order valence-electron chi connectivity index (χ1n) is 10.8. The zero-order valence-electron chi connectivity index (χ0n) is 19.4. The summed E-state index contributed by atoms with van der Waals surface area (Å²) < 4.78 is 14.0. The first-order chi connectivity index (χ1) is 13.7. The van der Waals surface area contributed by atoms with Gasteiger partial charge in [-0.3, -0.25) is 9.59 Å². The summed E-state index contributed by atoms with van der Waals surface area (Å²) in [6, 6.07) is 0. The van der Waals surface area contributed by atoms with E-state index in [1.165, 1.54) is 20.0 Å². The van der Waals surface area contributed by atoms with Crippen molar-refractivity contribution in [3.8, 4) is 0 Å². The molecule has 2 rings (SSSR count). The van der Waals surface area contributed by atoms with Gasteiger partial charge in [0.15, 0.2) is 11.6 Å². The third-order valence-corrected chi connectivity index (χ3v) is 4.97. The third kappa shape index (κ3) is 15.5.